The van der Waals surface area contributed by atoms with Gasteiger partial charge >= 0.3 is 0 Å². The number of rotatable bonds is 9. The summed E-state index contributed by atoms with van der Waals surface area (Å²) in [6, 6.07) is 26.8. The van der Waals surface area contributed by atoms with Crippen LogP contribution >= 0.6 is 11.3 Å². The summed E-state index contributed by atoms with van der Waals surface area (Å²) in [5, 5.41) is 1.38. The van der Waals surface area contributed by atoms with Crippen LogP contribution in [0, 0.1) is 0 Å². The molecule has 1 saturated heterocycles. The van der Waals surface area contributed by atoms with Crippen molar-refractivity contribution in [3.63, 3.8) is 0 Å². The Labute approximate surface area is 201 Å². The van der Waals surface area contributed by atoms with Gasteiger partial charge in [-0.2, -0.15) is 0 Å². The Morgan fingerprint density at radius 1 is 0.848 bits per heavy atom. The van der Waals surface area contributed by atoms with E-state index in [4.69, 9.17) is 4.74 Å². The third-order valence-corrected chi connectivity index (χ3v) is 7.87. The lowest BCUT2D eigenvalue weighted by molar-refractivity contribution is 0.317. The number of ether oxygens (including phenoxy) is 1. The molecule has 0 amide bonds. The fourth-order valence-electron chi connectivity index (χ4n) is 4.75. The highest BCUT2D eigenvalue weighted by molar-refractivity contribution is 7.22. The van der Waals surface area contributed by atoms with Gasteiger partial charge in [0.1, 0.15) is 5.75 Å². The second kappa shape index (κ2) is 10.5. The molecule has 0 unspecified atom stereocenters. The number of hydrogen-bond acceptors (Lipinski definition) is 3. The van der Waals surface area contributed by atoms with Crippen molar-refractivity contribution in [2.24, 2.45) is 0 Å². The molecule has 5 rings (SSSR count). The van der Waals surface area contributed by atoms with Crippen LogP contribution in [0.4, 0.5) is 0 Å². The lowest BCUT2D eigenvalue weighted by Gasteiger charge is -2.14. The van der Waals surface area contributed by atoms with Crippen molar-refractivity contribution in [2.45, 2.75) is 39.0 Å². The molecular weight excluding hydrogens is 422 g/mol. The van der Waals surface area contributed by atoms with Crippen LogP contribution in [0.5, 0.6) is 5.75 Å². The van der Waals surface area contributed by atoms with Gasteiger partial charge in [-0.25, -0.2) is 0 Å². The molecule has 0 saturated carbocycles. The summed E-state index contributed by atoms with van der Waals surface area (Å²) < 4.78 is 7.15. The minimum atomic E-state index is 0.765. The number of benzene rings is 3. The molecule has 0 aliphatic carbocycles. The summed E-state index contributed by atoms with van der Waals surface area (Å²) in [7, 11) is 0. The number of fused-ring (bicyclic) bond motifs is 1. The van der Waals surface area contributed by atoms with Crippen LogP contribution in [-0.2, 0) is 12.8 Å². The SMILES string of the molecule is CCCOc1ccc(-c2sc3ccccc3c2Cc2ccc(CCN3CCCC3)cc2)cc1. The largest absolute Gasteiger partial charge is 0.494 e. The molecule has 1 aliphatic heterocycles. The molecule has 2 heterocycles. The molecule has 3 aromatic carbocycles. The summed E-state index contributed by atoms with van der Waals surface area (Å²) in [6.45, 7) is 6.64. The maximum Gasteiger partial charge on any atom is 0.119 e. The van der Waals surface area contributed by atoms with E-state index in [0.717, 1.165) is 31.6 Å². The van der Waals surface area contributed by atoms with E-state index in [1.54, 1.807) is 0 Å². The Kier molecular flexibility index (Phi) is 7.09. The van der Waals surface area contributed by atoms with Crippen LogP contribution in [0.15, 0.2) is 72.8 Å². The maximum absolute atomic E-state index is 5.79. The van der Waals surface area contributed by atoms with Gasteiger partial charge < -0.3 is 9.64 Å². The van der Waals surface area contributed by atoms with Gasteiger partial charge in [-0.3, -0.25) is 0 Å². The Balaban J connectivity index is 1.37. The maximum atomic E-state index is 5.79. The molecule has 0 spiro atoms. The quantitative estimate of drug-likeness (QED) is 0.258. The lowest BCUT2D eigenvalue weighted by Crippen LogP contribution is -2.21. The molecule has 1 aliphatic rings. The molecule has 1 fully saturated rings. The molecule has 33 heavy (non-hydrogen) atoms. The topological polar surface area (TPSA) is 12.5 Å². The minimum Gasteiger partial charge on any atom is -0.494 e. The first-order chi connectivity index (χ1) is 16.3. The fraction of sp³-hybridized carbons (Fsp3) is 0.333. The highest BCUT2D eigenvalue weighted by Gasteiger charge is 2.15. The van der Waals surface area contributed by atoms with Crippen LogP contribution in [0.1, 0.15) is 42.9 Å². The minimum absolute atomic E-state index is 0.765. The van der Waals surface area contributed by atoms with Gasteiger partial charge in [0.15, 0.2) is 0 Å². The smallest absolute Gasteiger partial charge is 0.119 e. The van der Waals surface area contributed by atoms with Crippen molar-refractivity contribution in [2.75, 3.05) is 26.2 Å². The second-order valence-electron chi connectivity index (χ2n) is 9.07. The van der Waals surface area contributed by atoms with Crippen LogP contribution in [0.2, 0.25) is 0 Å². The molecule has 3 heteroatoms. The molecule has 4 aromatic rings. The van der Waals surface area contributed by atoms with E-state index in [9.17, 15) is 0 Å². The van der Waals surface area contributed by atoms with E-state index < -0.39 is 0 Å². The van der Waals surface area contributed by atoms with Crippen LogP contribution in [-0.4, -0.2) is 31.1 Å². The molecule has 0 bridgehead atoms. The summed E-state index contributed by atoms with van der Waals surface area (Å²) in [5.74, 6) is 0.952. The normalized spacial score (nSPS) is 14.2. The zero-order chi connectivity index (χ0) is 22.5. The molecule has 0 N–H and O–H groups in total. The van der Waals surface area contributed by atoms with E-state index in [0.29, 0.717) is 0 Å². The Morgan fingerprint density at radius 3 is 2.33 bits per heavy atom. The second-order valence-corrected chi connectivity index (χ2v) is 10.1. The van der Waals surface area contributed by atoms with Crippen LogP contribution in [0.25, 0.3) is 20.5 Å². The van der Waals surface area contributed by atoms with Crippen molar-refractivity contribution in [1.82, 2.24) is 4.90 Å². The molecule has 2 nitrogen and oxygen atoms in total. The number of nitrogens with zero attached hydrogens (tertiary/aromatic N) is 1. The average molecular weight is 456 g/mol. The van der Waals surface area contributed by atoms with Gasteiger partial charge in [-0.05, 0) is 103 Å². The highest BCUT2D eigenvalue weighted by atomic mass is 32.1. The van der Waals surface area contributed by atoms with Gasteiger partial charge in [0.2, 0.25) is 0 Å². The Morgan fingerprint density at radius 2 is 1.58 bits per heavy atom. The highest BCUT2D eigenvalue weighted by Crippen LogP contribution is 2.40. The monoisotopic (exact) mass is 455 g/mol. The molecule has 1 aromatic heterocycles. The molecule has 170 valence electrons. The fourth-order valence-corrected chi connectivity index (χ4v) is 5.98. The first-order valence-corrected chi connectivity index (χ1v) is 13.2. The predicted molar refractivity (Wildman–Crippen MR) is 142 cm³/mol. The number of thiophene rings is 1. The number of hydrogen-bond donors (Lipinski definition) is 0. The lowest BCUT2D eigenvalue weighted by atomic mass is 9.98. The van der Waals surface area contributed by atoms with Gasteiger partial charge in [0, 0.05) is 16.1 Å². The van der Waals surface area contributed by atoms with E-state index >= 15 is 0 Å². The average Bonchev–Trinajstić information content (AvgIpc) is 3.51. The molecule has 0 atom stereocenters. The van der Waals surface area contributed by atoms with E-state index in [1.165, 1.54) is 69.7 Å². The summed E-state index contributed by atoms with van der Waals surface area (Å²) in [4.78, 5) is 3.97. The summed E-state index contributed by atoms with van der Waals surface area (Å²) >= 11 is 1.90. The first kappa shape index (κ1) is 22.2. The van der Waals surface area contributed by atoms with Crippen molar-refractivity contribution in [3.05, 3.63) is 89.5 Å². The third-order valence-electron chi connectivity index (χ3n) is 6.61. The number of likely N-dealkylation sites (tertiary alicyclic amines) is 1. The van der Waals surface area contributed by atoms with Crippen molar-refractivity contribution < 1.29 is 4.74 Å². The van der Waals surface area contributed by atoms with Crippen LogP contribution < -0.4 is 4.74 Å². The van der Waals surface area contributed by atoms with Gasteiger partial charge in [-0.1, -0.05) is 49.4 Å². The van der Waals surface area contributed by atoms with Crippen LogP contribution in [0.3, 0.4) is 0 Å². The van der Waals surface area contributed by atoms with Gasteiger partial charge in [0.25, 0.3) is 0 Å². The van der Waals surface area contributed by atoms with E-state index in [1.807, 2.05) is 11.3 Å². The predicted octanol–water partition coefficient (Wildman–Crippen LogP) is 7.59. The van der Waals surface area contributed by atoms with E-state index in [2.05, 4.69) is 84.6 Å². The van der Waals surface area contributed by atoms with Crippen molar-refractivity contribution in [1.29, 1.82) is 0 Å². The summed E-state index contributed by atoms with van der Waals surface area (Å²) in [6.07, 6.45) is 5.87. The zero-order valence-electron chi connectivity index (χ0n) is 19.6. The Bertz CT molecular complexity index is 1170. The van der Waals surface area contributed by atoms with Crippen molar-refractivity contribution in [3.8, 4) is 16.2 Å². The standard InChI is InChI=1S/C30H33NOS/c1-2-21-32-26-15-13-25(14-16-26)30-28(27-7-3-4-8-29(27)33-30)22-24-11-9-23(10-12-24)17-20-31-18-5-6-19-31/h3-4,7-16H,2,5-6,17-22H2,1H3. The molecular formula is C30H33NOS. The Hall–Kier alpha value is -2.62. The summed E-state index contributed by atoms with van der Waals surface area (Å²) in [5.41, 5.74) is 5.54. The van der Waals surface area contributed by atoms with Crippen molar-refractivity contribution >= 4 is 21.4 Å². The third kappa shape index (κ3) is 5.31. The van der Waals surface area contributed by atoms with E-state index in [-0.39, 0.29) is 0 Å². The van der Waals surface area contributed by atoms with Gasteiger partial charge in [0.05, 0.1) is 6.61 Å². The first-order valence-electron chi connectivity index (χ1n) is 12.3. The van der Waals surface area contributed by atoms with Gasteiger partial charge in [-0.15, -0.1) is 11.3 Å². The molecule has 0 radical (unpaired) electrons. The zero-order valence-corrected chi connectivity index (χ0v) is 20.4.